The van der Waals surface area contributed by atoms with Crippen LogP contribution in [0.4, 0.5) is 0 Å². The van der Waals surface area contributed by atoms with Crippen LogP contribution in [0, 0.1) is 0 Å². The molecule has 0 aliphatic rings. The molecule has 372 valence electrons. The maximum atomic E-state index is 12.5. The van der Waals surface area contributed by atoms with Gasteiger partial charge in [0.25, 0.3) is 0 Å². The first-order valence-corrected chi connectivity index (χ1v) is 28.3. The smallest absolute Gasteiger partial charge is 0.222 e. The molecule has 0 spiro atoms. The minimum atomic E-state index is -0.959. The molecule has 0 saturated carbocycles. The summed E-state index contributed by atoms with van der Waals surface area (Å²) < 4.78 is 0. The van der Waals surface area contributed by atoms with Crippen molar-refractivity contribution in [3.05, 3.63) is 36.5 Å². The van der Waals surface area contributed by atoms with Gasteiger partial charge in [0.2, 0.25) is 5.91 Å². The number of aliphatic hydroxyl groups excluding tert-OH is 3. The molecule has 0 aromatic carbocycles. The lowest BCUT2D eigenvalue weighted by molar-refractivity contribution is -0.124. The largest absolute Gasteiger partial charge is 0.394 e. The summed E-state index contributed by atoms with van der Waals surface area (Å²) in [5.74, 6) is -0.325. The van der Waals surface area contributed by atoms with Crippen molar-refractivity contribution >= 4 is 5.91 Å². The maximum absolute atomic E-state index is 12.5. The lowest BCUT2D eigenvalue weighted by Crippen LogP contribution is -2.45. The van der Waals surface area contributed by atoms with Crippen LogP contribution in [0.15, 0.2) is 36.5 Å². The molecule has 3 unspecified atom stereocenters. The van der Waals surface area contributed by atoms with Gasteiger partial charge < -0.3 is 20.6 Å². The van der Waals surface area contributed by atoms with Gasteiger partial charge in [-0.25, -0.2) is 0 Å². The molecule has 0 heterocycles. The Morgan fingerprint density at radius 1 is 0.397 bits per heavy atom. The Morgan fingerprint density at radius 2 is 0.683 bits per heavy atom. The minimum absolute atomic E-state index is 0.00559. The lowest BCUT2D eigenvalue weighted by Gasteiger charge is -2.21. The first kappa shape index (κ1) is 61.6. The third-order valence-electron chi connectivity index (χ3n) is 13.2. The van der Waals surface area contributed by atoms with Crippen LogP contribution in [0.1, 0.15) is 303 Å². The Kier molecular flexibility index (Phi) is 52.0. The molecule has 4 N–H and O–H groups in total. The van der Waals surface area contributed by atoms with Crippen LogP contribution in [0.2, 0.25) is 0 Å². The Balaban J connectivity index is 3.53. The minimum Gasteiger partial charge on any atom is -0.394 e. The zero-order chi connectivity index (χ0) is 45.8. The molecular weight excluding hydrogens is 775 g/mol. The second-order valence-corrected chi connectivity index (χ2v) is 19.5. The number of unbranched alkanes of at least 4 members (excludes halogenated alkanes) is 39. The van der Waals surface area contributed by atoms with Gasteiger partial charge in [-0.1, -0.05) is 288 Å². The monoisotopic (exact) mass is 886 g/mol. The van der Waals surface area contributed by atoms with E-state index in [0.29, 0.717) is 6.42 Å². The Labute approximate surface area is 394 Å². The standard InChI is InChI=1S/C58H111NO4/c1-3-5-7-9-11-13-15-17-19-21-22-23-24-25-26-27-28-29-30-31-32-33-34-36-37-39-41-43-45-47-49-51-55(61)53-58(63)59-56(54-60)57(62)52-50-48-46-44-42-40-38-35-20-18-16-14-12-10-8-6-4-2/h20,35,42,44,50,52,55-57,60-62H,3-19,21-34,36-41,43,45-49,51,53-54H2,1-2H3,(H,59,63)/b35-20+,44-42+,52-50+. The van der Waals surface area contributed by atoms with Crippen LogP contribution < -0.4 is 5.32 Å². The molecule has 0 bridgehead atoms. The van der Waals surface area contributed by atoms with Crippen LogP contribution in [0.3, 0.4) is 0 Å². The number of hydrogen-bond donors (Lipinski definition) is 4. The SMILES string of the molecule is CCCCCCCCC/C=C/CC/C=C/CC/C=C/C(O)C(CO)NC(=O)CC(O)CCCCCCCCCCCCCCCCCCCCCCCCCCCCCCCCC. The molecule has 5 nitrogen and oxygen atoms in total. The Hall–Kier alpha value is -1.43. The molecule has 0 radical (unpaired) electrons. The Morgan fingerprint density at radius 3 is 1.02 bits per heavy atom. The van der Waals surface area contributed by atoms with Crippen molar-refractivity contribution in [3.63, 3.8) is 0 Å². The summed E-state index contributed by atoms with van der Waals surface area (Å²) >= 11 is 0. The summed E-state index contributed by atoms with van der Waals surface area (Å²) in [5.41, 5.74) is 0. The third kappa shape index (κ3) is 49.8. The molecule has 0 saturated heterocycles. The fourth-order valence-corrected chi connectivity index (χ4v) is 8.85. The quantitative estimate of drug-likeness (QED) is 0.0362. The van der Waals surface area contributed by atoms with Crippen LogP contribution in [-0.2, 0) is 4.79 Å². The van der Waals surface area contributed by atoms with E-state index >= 15 is 0 Å². The second kappa shape index (κ2) is 53.2. The fourth-order valence-electron chi connectivity index (χ4n) is 8.85. The summed E-state index contributed by atoms with van der Waals surface area (Å²) in [6.07, 6.45) is 69.2. The summed E-state index contributed by atoms with van der Waals surface area (Å²) in [6.45, 7) is 4.22. The van der Waals surface area contributed by atoms with Gasteiger partial charge >= 0.3 is 0 Å². The van der Waals surface area contributed by atoms with Gasteiger partial charge in [0.05, 0.1) is 31.3 Å². The number of allylic oxidation sites excluding steroid dienone is 5. The molecule has 3 atom stereocenters. The van der Waals surface area contributed by atoms with Gasteiger partial charge in [-0.15, -0.1) is 0 Å². The molecular formula is C58H111NO4. The zero-order valence-corrected chi connectivity index (χ0v) is 42.5. The van der Waals surface area contributed by atoms with Crippen molar-refractivity contribution in [3.8, 4) is 0 Å². The van der Waals surface area contributed by atoms with Crippen molar-refractivity contribution in [1.82, 2.24) is 5.32 Å². The number of carbonyl (C=O) groups excluding carboxylic acids is 1. The normalized spacial score (nSPS) is 13.5. The average Bonchev–Trinajstić information content (AvgIpc) is 3.28. The number of hydrogen-bond acceptors (Lipinski definition) is 4. The van der Waals surface area contributed by atoms with Crippen molar-refractivity contribution < 1.29 is 20.1 Å². The van der Waals surface area contributed by atoms with Gasteiger partial charge in [0.15, 0.2) is 0 Å². The summed E-state index contributed by atoms with van der Waals surface area (Å²) in [7, 11) is 0. The van der Waals surface area contributed by atoms with Gasteiger partial charge in [0.1, 0.15) is 0 Å². The topological polar surface area (TPSA) is 89.8 Å². The molecule has 0 rings (SSSR count). The molecule has 5 heteroatoms. The highest BCUT2D eigenvalue weighted by Gasteiger charge is 2.20. The summed E-state index contributed by atoms with van der Waals surface area (Å²) in [4.78, 5) is 12.5. The van der Waals surface area contributed by atoms with Crippen molar-refractivity contribution in [1.29, 1.82) is 0 Å². The van der Waals surface area contributed by atoms with Crippen molar-refractivity contribution in [2.75, 3.05) is 6.61 Å². The lowest BCUT2D eigenvalue weighted by atomic mass is 10.0. The molecule has 63 heavy (non-hydrogen) atoms. The fraction of sp³-hybridized carbons (Fsp3) is 0.879. The van der Waals surface area contributed by atoms with Gasteiger partial charge in [-0.3, -0.25) is 4.79 Å². The van der Waals surface area contributed by atoms with E-state index in [-0.39, 0.29) is 18.9 Å². The molecule has 0 aliphatic carbocycles. The van der Waals surface area contributed by atoms with Gasteiger partial charge in [-0.2, -0.15) is 0 Å². The van der Waals surface area contributed by atoms with E-state index in [2.05, 4.69) is 43.5 Å². The molecule has 0 aliphatic heterocycles. The maximum Gasteiger partial charge on any atom is 0.222 e. The van der Waals surface area contributed by atoms with Crippen LogP contribution in [-0.4, -0.2) is 46.1 Å². The van der Waals surface area contributed by atoms with Crippen LogP contribution in [0.5, 0.6) is 0 Å². The number of amides is 1. The van der Waals surface area contributed by atoms with E-state index in [4.69, 9.17) is 0 Å². The van der Waals surface area contributed by atoms with Gasteiger partial charge in [-0.05, 0) is 44.9 Å². The van der Waals surface area contributed by atoms with E-state index in [9.17, 15) is 20.1 Å². The van der Waals surface area contributed by atoms with E-state index in [1.54, 1.807) is 6.08 Å². The molecule has 0 aromatic rings. The van der Waals surface area contributed by atoms with E-state index in [1.807, 2.05) is 6.08 Å². The first-order valence-electron chi connectivity index (χ1n) is 28.3. The summed E-state index contributed by atoms with van der Waals surface area (Å²) in [5, 5.41) is 33.4. The average molecular weight is 887 g/mol. The molecule has 0 fully saturated rings. The Bertz CT molecular complexity index is 978. The zero-order valence-electron chi connectivity index (χ0n) is 42.5. The van der Waals surface area contributed by atoms with Crippen LogP contribution in [0.25, 0.3) is 0 Å². The third-order valence-corrected chi connectivity index (χ3v) is 13.2. The first-order chi connectivity index (χ1) is 31.0. The van der Waals surface area contributed by atoms with E-state index in [1.165, 1.54) is 238 Å². The molecule has 1 amide bonds. The van der Waals surface area contributed by atoms with E-state index < -0.39 is 18.2 Å². The molecule has 0 aromatic heterocycles. The van der Waals surface area contributed by atoms with Crippen molar-refractivity contribution in [2.24, 2.45) is 0 Å². The number of carbonyl (C=O) groups is 1. The van der Waals surface area contributed by atoms with Crippen LogP contribution >= 0.6 is 0 Å². The highest BCUT2D eigenvalue weighted by Crippen LogP contribution is 2.18. The number of rotatable bonds is 52. The number of aliphatic hydroxyl groups is 3. The number of nitrogens with one attached hydrogen (secondary N) is 1. The highest BCUT2D eigenvalue weighted by molar-refractivity contribution is 5.76. The predicted octanol–water partition coefficient (Wildman–Crippen LogP) is 17.4. The summed E-state index contributed by atoms with van der Waals surface area (Å²) in [6, 6.07) is -0.766. The van der Waals surface area contributed by atoms with E-state index in [0.717, 1.165) is 38.5 Å². The van der Waals surface area contributed by atoms with Gasteiger partial charge in [0, 0.05) is 0 Å². The predicted molar refractivity (Wildman–Crippen MR) is 278 cm³/mol. The van der Waals surface area contributed by atoms with Crippen molar-refractivity contribution in [2.45, 2.75) is 321 Å². The highest BCUT2D eigenvalue weighted by atomic mass is 16.3. The second-order valence-electron chi connectivity index (χ2n) is 19.5.